The molecule has 0 atom stereocenters. The maximum Gasteiger partial charge on any atom is 0.149 e. The molecule has 0 aliphatic carbocycles. The van der Waals surface area contributed by atoms with E-state index >= 15 is 0 Å². The third kappa shape index (κ3) is 1.91. The van der Waals surface area contributed by atoms with E-state index in [0.717, 1.165) is 11.3 Å². The largest absolute Gasteiger partial charge is 0.255 e. The Morgan fingerprint density at radius 1 is 1.33 bits per heavy atom. The zero-order chi connectivity index (χ0) is 9.14. The summed E-state index contributed by atoms with van der Waals surface area (Å²) in [5.41, 5.74) is 2.19. The van der Waals surface area contributed by atoms with Crippen LogP contribution in [0.4, 0.5) is 10.1 Å². The normalized spacial score (nSPS) is 9.67. The fraction of sp³-hybridized carbons (Fsp3) is 0.300. The van der Waals surface area contributed by atoms with Gasteiger partial charge in [-0.1, -0.05) is 12.1 Å². The van der Waals surface area contributed by atoms with Gasteiger partial charge in [-0.2, -0.15) is 0 Å². The van der Waals surface area contributed by atoms with Gasteiger partial charge in [-0.25, -0.2) is 4.39 Å². The molecule has 0 aliphatic heterocycles. The predicted octanol–water partition coefficient (Wildman–Crippen LogP) is 3.25. The molecule has 0 fully saturated rings. The van der Waals surface area contributed by atoms with Crippen LogP contribution in [0.15, 0.2) is 23.2 Å². The van der Waals surface area contributed by atoms with E-state index < -0.39 is 0 Å². The smallest absolute Gasteiger partial charge is 0.149 e. The maximum atomic E-state index is 13.1. The number of halogens is 1. The molecule has 2 heteroatoms. The minimum Gasteiger partial charge on any atom is -0.255 e. The van der Waals surface area contributed by atoms with Gasteiger partial charge < -0.3 is 0 Å². The highest BCUT2D eigenvalue weighted by Crippen LogP contribution is 2.22. The lowest BCUT2D eigenvalue weighted by molar-refractivity contribution is 0.629. The van der Waals surface area contributed by atoms with Crippen molar-refractivity contribution >= 4 is 11.4 Å². The molecule has 1 aromatic carbocycles. The fourth-order valence-electron chi connectivity index (χ4n) is 0.988. The summed E-state index contributed by atoms with van der Waals surface area (Å²) in [6.45, 7) is 5.56. The average Bonchev–Trinajstić information content (AvgIpc) is 1.97. The second kappa shape index (κ2) is 3.48. The summed E-state index contributed by atoms with van der Waals surface area (Å²) in [5.74, 6) is -0.254. The van der Waals surface area contributed by atoms with Crippen LogP contribution in [0.1, 0.15) is 19.4 Å². The van der Waals surface area contributed by atoms with Gasteiger partial charge in [0.25, 0.3) is 0 Å². The van der Waals surface area contributed by atoms with Crippen LogP contribution in [-0.4, -0.2) is 5.71 Å². The highest BCUT2D eigenvalue weighted by molar-refractivity contribution is 5.82. The van der Waals surface area contributed by atoms with E-state index in [4.69, 9.17) is 0 Å². The molecule has 0 aromatic heterocycles. The zero-order valence-electron chi connectivity index (χ0n) is 7.56. The predicted molar refractivity (Wildman–Crippen MR) is 49.6 cm³/mol. The van der Waals surface area contributed by atoms with Crippen LogP contribution in [0.2, 0.25) is 0 Å². The van der Waals surface area contributed by atoms with E-state index in [-0.39, 0.29) is 5.82 Å². The summed E-state index contributed by atoms with van der Waals surface area (Å²) >= 11 is 0. The Morgan fingerprint density at radius 3 is 2.50 bits per heavy atom. The van der Waals surface area contributed by atoms with Crippen molar-refractivity contribution < 1.29 is 4.39 Å². The van der Waals surface area contributed by atoms with Crippen LogP contribution in [0, 0.1) is 12.7 Å². The number of para-hydroxylation sites is 1. The Balaban J connectivity index is 3.22. The number of aliphatic imine (C=N–C) groups is 1. The molecule has 0 N–H and O–H groups in total. The highest BCUT2D eigenvalue weighted by atomic mass is 19.1. The third-order valence-electron chi connectivity index (χ3n) is 1.52. The monoisotopic (exact) mass is 165 g/mol. The Hall–Kier alpha value is -1.18. The first-order chi connectivity index (χ1) is 5.61. The minimum absolute atomic E-state index is 0.254. The number of hydrogen-bond donors (Lipinski definition) is 0. The van der Waals surface area contributed by atoms with Gasteiger partial charge in [0.05, 0.1) is 0 Å². The molecule has 1 aromatic rings. The Morgan fingerprint density at radius 2 is 2.00 bits per heavy atom. The SMILES string of the molecule is CC(C)=Nc1c(C)cccc1F. The first-order valence-electron chi connectivity index (χ1n) is 3.88. The highest BCUT2D eigenvalue weighted by Gasteiger charge is 2.01. The lowest BCUT2D eigenvalue weighted by Gasteiger charge is -2.01. The number of aryl methyl sites for hydroxylation is 1. The molecule has 0 unspecified atom stereocenters. The van der Waals surface area contributed by atoms with Crippen molar-refractivity contribution in [3.8, 4) is 0 Å². The number of benzene rings is 1. The van der Waals surface area contributed by atoms with E-state index in [9.17, 15) is 4.39 Å². The molecule has 1 nitrogen and oxygen atoms in total. The molecule has 0 saturated carbocycles. The lowest BCUT2D eigenvalue weighted by Crippen LogP contribution is -1.84. The standard InChI is InChI=1S/C10H12FN/c1-7(2)12-10-8(3)5-4-6-9(10)11/h4-6H,1-3H3. The number of rotatable bonds is 1. The summed E-state index contributed by atoms with van der Waals surface area (Å²) < 4.78 is 13.1. The van der Waals surface area contributed by atoms with Crippen LogP contribution in [0.3, 0.4) is 0 Å². The van der Waals surface area contributed by atoms with Gasteiger partial charge in [0.1, 0.15) is 11.5 Å². The maximum absolute atomic E-state index is 13.1. The van der Waals surface area contributed by atoms with Gasteiger partial charge >= 0.3 is 0 Å². The van der Waals surface area contributed by atoms with E-state index in [2.05, 4.69) is 4.99 Å². The Kier molecular flexibility index (Phi) is 2.58. The molecule has 0 bridgehead atoms. The van der Waals surface area contributed by atoms with Crippen molar-refractivity contribution in [1.29, 1.82) is 0 Å². The van der Waals surface area contributed by atoms with Crippen LogP contribution in [-0.2, 0) is 0 Å². The summed E-state index contributed by atoms with van der Waals surface area (Å²) in [7, 11) is 0. The van der Waals surface area contributed by atoms with Crippen molar-refractivity contribution in [2.45, 2.75) is 20.8 Å². The zero-order valence-corrected chi connectivity index (χ0v) is 7.56. The van der Waals surface area contributed by atoms with Crippen LogP contribution in [0.25, 0.3) is 0 Å². The van der Waals surface area contributed by atoms with Crippen molar-refractivity contribution in [1.82, 2.24) is 0 Å². The van der Waals surface area contributed by atoms with Gasteiger partial charge in [0.15, 0.2) is 0 Å². The van der Waals surface area contributed by atoms with E-state index in [1.165, 1.54) is 6.07 Å². The summed E-state index contributed by atoms with van der Waals surface area (Å²) in [6.07, 6.45) is 0. The molecule has 0 spiro atoms. The summed E-state index contributed by atoms with van der Waals surface area (Å²) in [4.78, 5) is 4.10. The molecule has 0 heterocycles. The Bertz CT molecular complexity index is 291. The van der Waals surface area contributed by atoms with Crippen molar-refractivity contribution in [2.24, 2.45) is 4.99 Å². The fourth-order valence-corrected chi connectivity index (χ4v) is 0.988. The quantitative estimate of drug-likeness (QED) is 0.566. The molecule has 1 rings (SSSR count). The van der Waals surface area contributed by atoms with Crippen LogP contribution < -0.4 is 0 Å². The topological polar surface area (TPSA) is 12.4 Å². The Labute approximate surface area is 72.0 Å². The molecular weight excluding hydrogens is 153 g/mol. The van der Waals surface area contributed by atoms with Gasteiger partial charge in [0.2, 0.25) is 0 Å². The van der Waals surface area contributed by atoms with Crippen LogP contribution >= 0.6 is 0 Å². The molecule has 0 radical (unpaired) electrons. The molecule has 64 valence electrons. The van der Waals surface area contributed by atoms with Crippen molar-refractivity contribution in [3.63, 3.8) is 0 Å². The van der Waals surface area contributed by atoms with Gasteiger partial charge in [-0.15, -0.1) is 0 Å². The first-order valence-corrected chi connectivity index (χ1v) is 3.88. The van der Waals surface area contributed by atoms with Gasteiger partial charge in [-0.3, -0.25) is 4.99 Å². The number of nitrogens with zero attached hydrogens (tertiary/aromatic N) is 1. The number of hydrogen-bond acceptors (Lipinski definition) is 1. The van der Waals surface area contributed by atoms with Crippen molar-refractivity contribution in [2.75, 3.05) is 0 Å². The average molecular weight is 165 g/mol. The molecular formula is C10H12FN. The molecule has 12 heavy (non-hydrogen) atoms. The van der Waals surface area contributed by atoms with Crippen molar-refractivity contribution in [3.05, 3.63) is 29.6 Å². The summed E-state index contributed by atoms with van der Waals surface area (Å²) in [6, 6.07) is 4.97. The lowest BCUT2D eigenvalue weighted by atomic mass is 10.2. The molecule has 0 saturated heterocycles. The molecule has 0 amide bonds. The van der Waals surface area contributed by atoms with Gasteiger partial charge in [0, 0.05) is 5.71 Å². The first kappa shape index (κ1) is 8.91. The van der Waals surface area contributed by atoms with E-state index in [0.29, 0.717) is 5.69 Å². The second-order valence-electron chi connectivity index (χ2n) is 2.96. The third-order valence-corrected chi connectivity index (χ3v) is 1.52. The summed E-state index contributed by atoms with van der Waals surface area (Å²) in [5, 5.41) is 0. The van der Waals surface area contributed by atoms with Gasteiger partial charge in [-0.05, 0) is 32.4 Å². The van der Waals surface area contributed by atoms with E-state index in [1.54, 1.807) is 6.07 Å². The van der Waals surface area contributed by atoms with E-state index in [1.807, 2.05) is 26.8 Å². The minimum atomic E-state index is -0.254. The molecule has 0 aliphatic rings. The van der Waals surface area contributed by atoms with Crippen LogP contribution in [0.5, 0.6) is 0 Å². The second-order valence-corrected chi connectivity index (χ2v) is 2.96.